The molecule has 2 aromatic heterocycles. The van der Waals surface area contributed by atoms with E-state index in [0.717, 1.165) is 0 Å². The minimum Gasteiger partial charge on any atom is -0.460 e. The lowest BCUT2D eigenvalue weighted by Crippen LogP contribution is -2.20. The van der Waals surface area contributed by atoms with E-state index >= 15 is 0 Å². The summed E-state index contributed by atoms with van der Waals surface area (Å²) in [6, 6.07) is 8.30. The molecule has 1 aromatic carbocycles. The number of aliphatic hydroxyl groups is 2. The average Bonchev–Trinajstić information content (AvgIpc) is 3.34. The number of aromatic nitrogens is 2. The molecule has 0 saturated heterocycles. The molecular formula is C22H21ClN3O4. The number of carbonyl (C=O) groups excluding carboxylic acids is 1. The first-order chi connectivity index (χ1) is 14.4. The molecule has 3 N–H and O–H groups in total. The lowest BCUT2D eigenvalue weighted by molar-refractivity contribution is 0.101. The molecule has 0 amide bonds. The van der Waals surface area contributed by atoms with Crippen molar-refractivity contribution in [2.75, 3.05) is 5.32 Å². The summed E-state index contributed by atoms with van der Waals surface area (Å²) in [7, 11) is 0. The molecule has 1 aliphatic rings. The van der Waals surface area contributed by atoms with Crippen LogP contribution in [0.25, 0.3) is 0 Å². The maximum Gasteiger partial charge on any atom is 0.233 e. The fourth-order valence-electron chi connectivity index (χ4n) is 3.64. The number of benzene rings is 1. The molecule has 8 heteroatoms. The van der Waals surface area contributed by atoms with Crippen molar-refractivity contribution in [3.8, 4) is 0 Å². The van der Waals surface area contributed by atoms with Gasteiger partial charge in [0.25, 0.3) is 0 Å². The quantitative estimate of drug-likeness (QED) is 0.518. The van der Waals surface area contributed by atoms with Crippen molar-refractivity contribution in [1.29, 1.82) is 0 Å². The summed E-state index contributed by atoms with van der Waals surface area (Å²) in [5.74, 6) is -0.0449. The zero-order chi connectivity index (χ0) is 21.3. The number of aliphatic hydroxyl groups excluding tert-OH is 2. The highest BCUT2D eigenvalue weighted by molar-refractivity contribution is 6.30. The van der Waals surface area contributed by atoms with E-state index in [2.05, 4.69) is 22.2 Å². The van der Waals surface area contributed by atoms with Crippen LogP contribution in [0.15, 0.2) is 53.5 Å². The third-order valence-corrected chi connectivity index (χ3v) is 5.51. The van der Waals surface area contributed by atoms with Crippen molar-refractivity contribution in [2.24, 2.45) is 5.92 Å². The molecule has 2 heterocycles. The van der Waals surface area contributed by atoms with Crippen molar-refractivity contribution in [1.82, 2.24) is 9.97 Å². The third kappa shape index (κ3) is 4.23. The van der Waals surface area contributed by atoms with E-state index < -0.39 is 18.0 Å². The van der Waals surface area contributed by atoms with Gasteiger partial charge in [-0.15, -0.1) is 0 Å². The van der Waals surface area contributed by atoms with Gasteiger partial charge in [0.2, 0.25) is 5.78 Å². The Morgan fingerprint density at radius 1 is 1.30 bits per heavy atom. The highest BCUT2D eigenvalue weighted by Gasteiger charge is 2.31. The van der Waals surface area contributed by atoms with E-state index in [1.54, 1.807) is 24.3 Å². The van der Waals surface area contributed by atoms with E-state index in [1.165, 1.54) is 24.9 Å². The van der Waals surface area contributed by atoms with Gasteiger partial charge in [0.05, 0.1) is 17.9 Å². The van der Waals surface area contributed by atoms with Gasteiger partial charge in [0.15, 0.2) is 5.76 Å². The Kier molecular flexibility index (Phi) is 5.85. The van der Waals surface area contributed by atoms with Crippen molar-refractivity contribution in [3.63, 3.8) is 0 Å². The molecule has 155 valence electrons. The Labute approximate surface area is 178 Å². The minimum absolute atomic E-state index is 0.0410. The Hall–Kier alpha value is -2.74. The van der Waals surface area contributed by atoms with Crippen molar-refractivity contribution >= 4 is 23.2 Å². The largest absolute Gasteiger partial charge is 0.460 e. The number of hydrogen-bond acceptors (Lipinski definition) is 7. The van der Waals surface area contributed by atoms with Crippen LogP contribution in [0.2, 0.25) is 5.02 Å². The molecule has 1 fully saturated rings. The molecule has 1 aliphatic carbocycles. The Morgan fingerprint density at radius 3 is 2.87 bits per heavy atom. The molecule has 0 spiro atoms. The van der Waals surface area contributed by atoms with Gasteiger partial charge in [-0.25, -0.2) is 9.97 Å². The highest BCUT2D eigenvalue weighted by atomic mass is 35.5. The zero-order valence-electron chi connectivity index (χ0n) is 16.0. The van der Waals surface area contributed by atoms with Gasteiger partial charge >= 0.3 is 0 Å². The number of ketones is 1. The van der Waals surface area contributed by atoms with Gasteiger partial charge in [0.1, 0.15) is 18.2 Å². The molecule has 0 bridgehead atoms. The van der Waals surface area contributed by atoms with Crippen LogP contribution in [0.4, 0.5) is 5.82 Å². The number of anilines is 1. The fourth-order valence-corrected chi connectivity index (χ4v) is 3.84. The maximum absolute atomic E-state index is 13.0. The SMILES string of the molecule is [CH2][C@@H]1C[C@@H](Nc2ncncc2C(=O)c2cc([C@H](O)c3cccc(Cl)c3)co2)C[C@@H]1O. The van der Waals surface area contributed by atoms with E-state index in [0.29, 0.717) is 34.8 Å². The summed E-state index contributed by atoms with van der Waals surface area (Å²) in [4.78, 5) is 21.2. The lowest BCUT2D eigenvalue weighted by atomic mass is 10.0. The molecule has 0 aliphatic heterocycles. The molecule has 7 nitrogen and oxygen atoms in total. The number of nitrogens with zero attached hydrogens (tertiary/aromatic N) is 2. The standard InChI is InChI=1S/C22H21ClN3O4/c1-12-5-16(8-18(12)27)26-22-17(9-24-11-25-22)21(29)19-7-14(10-30-19)20(28)13-3-2-4-15(23)6-13/h2-4,6-7,9-12,16,18,20,27-28H,1,5,8H2,(H,24,25,26)/t12-,16-,18+,20-/m1/s1. The van der Waals surface area contributed by atoms with Crippen LogP contribution in [0.1, 0.15) is 46.2 Å². The number of nitrogens with one attached hydrogen (secondary N) is 1. The monoisotopic (exact) mass is 426 g/mol. The number of rotatable bonds is 6. The topological polar surface area (TPSA) is 108 Å². The van der Waals surface area contributed by atoms with Crippen LogP contribution in [0, 0.1) is 12.8 Å². The van der Waals surface area contributed by atoms with Gasteiger partial charge < -0.3 is 19.9 Å². The Balaban J connectivity index is 1.54. The van der Waals surface area contributed by atoms with Gasteiger partial charge in [-0.05, 0) is 49.4 Å². The lowest BCUT2D eigenvalue weighted by Gasteiger charge is -2.14. The van der Waals surface area contributed by atoms with Gasteiger partial charge in [-0.1, -0.05) is 23.7 Å². The molecule has 1 saturated carbocycles. The number of hydrogen-bond donors (Lipinski definition) is 3. The van der Waals surface area contributed by atoms with Gasteiger partial charge in [0, 0.05) is 22.8 Å². The summed E-state index contributed by atoms with van der Waals surface area (Å²) < 4.78 is 5.44. The highest BCUT2D eigenvalue weighted by Crippen LogP contribution is 2.30. The second-order valence-electron chi connectivity index (χ2n) is 7.46. The molecule has 4 rings (SSSR count). The second-order valence-corrected chi connectivity index (χ2v) is 7.89. The van der Waals surface area contributed by atoms with Crippen LogP contribution in [0.5, 0.6) is 0 Å². The first kappa shape index (κ1) is 20.5. The second kappa shape index (κ2) is 8.55. The van der Waals surface area contributed by atoms with Crippen LogP contribution in [-0.2, 0) is 0 Å². The molecule has 1 radical (unpaired) electrons. The molecular weight excluding hydrogens is 406 g/mol. The zero-order valence-corrected chi connectivity index (χ0v) is 16.8. The average molecular weight is 427 g/mol. The molecule has 3 aromatic rings. The van der Waals surface area contributed by atoms with Crippen molar-refractivity contribution in [2.45, 2.75) is 31.1 Å². The van der Waals surface area contributed by atoms with E-state index in [4.69, 9.17) is 16.0 Å². The van der Waals surface area contributed by atoms with Crippen LogP contribution in [0.3, 0.4) is 0 Å². The summed E-state index contributed by atoms with van der Waals surface area (Å²) in [6.45, 7) is 3.93. The molecule has 0 unspecified atom stereocenters. The van der Waals surface area contributed by atoms with E-state index in [1.807, 2.05) is 0 Å². The summed E-state index contributed by atoms with van der Waals surface area (Å²) in [5.41, 5.74) is 1.28. The fraction of sp³-hybridized carbons (Fsp3) is 0.273. The predicted octanol–water partition coefficient (Wildman–Crippen LogP) is 3.42. The Bertz CT molecular complexity index is 1040. The van der Waals surface area contributed by atoms with Crippen LogP contribution < -0.4 is 5.32 Å². The predicted molar refractivity (Wildman–Crippen MR) is 111 cm³/mol. The first-order valence-corrected chi connectivity index (χ1v) is 9.94. The van der Waals surface area contributed by atoms with Crippen LogP contribution >= 0.6 is 11.6 Å². The smallest absolute Gasteiger partial charge is 0.233 e. The third-order valence-electron chi connectivity index (χ3n) is 5.28. The summed E-state index contributed by atoms with van der Waals surface area (Å²) in [6.07, 6.45) is 3.86. The first-order valence-electron chi connectivity index (χ1n) is 9.56. The van der Waals surface area contributed by atoms with Crippen LogP contribution in [-0.4, -0.2) is 38.1 Å². The van der Waals surface area contributed by atoms with Crippen molar-refractivity contribution in [3.05, 3.63) is 83.5 Å². The van der Waals surface area contributed by atoms with E-state index in [9.17, 15) is 15.0 Å². The van der Waals surface area contributed by atoms with Gasteiger partial charge in [-0.3, -0.25) is 4.79 Å². The van der Waals surface area contributed by atoms with Gasteiger partial charge in [-0.2, -0.15) is 0 Å². The van der Waals surface area contributed by atoms with E-state index in [-0.39, 0.29) is 23.3 Å². The summed E-state index contributed by atoms with van der Waals surface area (Å²) in [5, 5.41) is 24.2. The van der Waals surface area contributed by atoms with Crippen molar-refractivity contribution < 1.29 is 19.4 Å². The number of halogens is 1. The number of furan rings is 1. The molecule has 4 atom stereocenters. The molecule has 30 heavy (non-hydrogen) atoms. The normalized spacial score (nSPS) is 22.1. The summed E-state index contributed by atoms with van der Waals surface area (Å²) >= 11 is 5.99. The maximum atomic E-state index is 13.0. The Morgan fingerprint density at radius 2 is 2.13 bits per heavy atom. The number of carbonyl (C=O) groups is 1. The minimum atomic E-state index is -0.979.